The van der Waals surface area contributed by atoms with Crippen molar-refractivity contribution in [2.75, 3.05) is 44.9 Å². The van der Waals surface area contributed by atoms with Gasteiger partial charge in [0.15, 0.2) is 6.04 Å². The molecule has 3 rings (SSSR count). The first-order chi connectivity index (χ1) is 13.0. The van der Waals surface area contributed by atoms with Crippen molar-refractivity contribution in [3.63, 3.8) is 0 Å². The van der Waals surface area contributed by atoms with E-state index in [0.717, 1.165) is 0 Å². The molecule has 144 valence electrons. The Morgan fingerprint density at radius 3 is 2.63 bits per heavy atom. The molecule has 2 aliphatic rings. The first kappa shape index (κ1) is 18.8. The molecule has 9 nitrogen and oxygen atoms in total. The number of anilines is 1. The molecule has 1 aromatic carbocycles. The van der Waals surface area contributed by atoms with Crippen LogP contribution in [0.25, 0.3) is 0 Å². The molecule has 0 aromatic heterocycles. The third kappa shape index (κ3) is 4.08. The third-order valence-electron chi connectivity index (χ3n) is 4.63. The third-order valence-corrected chi connectivity index (χ3v) is 4.63. The zero-order valence-corrected chi connectivity index (χ0v) is 15.1. The molecular formula is C18H22N4O5. The van der Waals surface area contributed by atoms with Gasteiger partial charge in [-0.15, -0.1) is 0 Å². The predicted molar refractivity (Wildman–Crippen MR) is 97.4 cm³/mol. The summed E-state index contributed by atoms with van der Waals surface area (Å²) in [7, 11) is 1.57. The van der Waals surface area contributed by atoms with Gasteiger partial charge in [0.05, 0.1) is 12.3 Å². The molecule has 2 aliphatic heterocycles. The topological polar surface area (TPSA) is 103 Å². The second-order valence-electron chi connectivity index (χ2n) is 6.39. The molecular weight excluding hydrogens is 352 g/mol. The molecule has 9 heteroatoms. The molecule has 27 heavy (non-hydrogen) atoms. The normalized spacial score (nSPS) is 20.0. The van der Waals surface area contributed by atoms with Crippen LogP contribution in [-0.2, 0) is 19.1 Å². The fourth-order valence-electron chi connectivity index (χ4n) is 3.15. The van der Waals surface area contributed by atoms with Gasteiger partial charge in [0.1, 0.15) is 12.3 Å². The number of nitrogens with zero attached hydrogens (tertiary/aromatic N) is 4. The van der Waals surface area contributed by atoms with E-state index in [1.54, 1.807) is 36.3 Å². The Morgan fingerprint density at radius 1 is 1.26 bits per heavy atom. The Bertz CT molecular complexity index is 751. The number of piperazine rings is 1. The lowest BCUT2D eigenvalue weighted by atomic mass is 10.1. The van der Waals surface area contributed by atoms with Gasteiger partial charge in [-0.3, -0.25) is 14.6 Å². The van der Waals surface area contributed by atoms with E-state index in [1.165, 1.54) is 9.91 Å². The van der Waals surface area contributed by atoms with Gasteiger partial charge in [-0.25, -0.2) is 4.79 Å². The highest BCUT2D eigenvalue weighted by Crippen LogP contribution is 2.25. The highest BCUT2D eigenvalue weighted by Gasteiger charge is 2.38. The van der Waals surface area contributed by atoms with Crippen molar-refractivity contribution in [1.29, 1.82) is 0 Å². The van der Waals surface area contributed by atoms with Gasteiger partial charge in [-0.2, -0.15) is 5.10 Å². The minimum atomic E-state index is -1.05. The molecule has 1 fully saturated rings. The SMILES string of the molecule is COCCN1CCN(C(=O)C2=NN(c3ccccc3)C(C(=O)O)C2)CC1=O. The van der Waals surface area contributed by atoms with E-state index in [0.29, 0.717) is 31.9 Å². The summed E-state index contributed by atoms with van der Waals surface area (Å²) in [6.07, 6.45) is 0.00113. The van der Waals surface area contributed by atoms with Crippen molar-refractivity contribution in [2.24, 2.45) is 5.10 Å². The summed E-state index contributed by atoms with van der Waals surface area (Å²) in [5.74, 6) is -1.59. The number of benzene rings is 1. The van der Waals surface area contributed by atoms with Crippen molar-refractivity contribution in [2.45, 2.75) is 12.5 Å². The first-order valence-electron chi connectivity index (χ1n) is 8.72. The van der Waals surface area contributed by atoms with Crippen LogP contribution in [0.2, 0.25) is 0 Å². The molecule has 0 spiro atoms. The van der Waals surface area contributed by atoms with Gasteiger partial charge in [-0.05, 0) is 12.1 Å². The number of amides is 2. The van der Waals surface area contributed by atoms with E-state index in [1.807, 2.05) is 6.07 Å². The Kier molecular flexibility index (Phi) is 5.70. The molecule has 0 radical (unpaired) electrons. The summed E-state index contributed by atoms with van der Waals surface area (Å²) in [5, 5.41) is 15.1. The van der Waals surface area contributed by atoms with Crippen molar-refractivity contribution >= 4 is 29.2 Å². The van der Waals surface area contributed by atoms with Gasteiger partial charge >= 0.3 is 5.97 Å². The van der Waals surface area contributed by atoms with Crippen LogP contribution >= 0.6 is 0 Å². The van der Waals surface area contributed by atoms with Crippen LogP contribution in [0.15, 0.2) is 35.4 Å². The number of para-hydroxylation sites is 1. The number of ether oxygens (including phenoxy) is 1. The monoisotopic (exact) mass is 374 g/mol. The molecule has 0 bridgehead atoms. The summed E-state index contributed by atoms with van der Waals surface area (Å²) >= 11 is 0. The summed E-state index contributed by atoms with van der Waals surface area (Å²) in [4.78, 5) is 39.7. The van der Waals surface area contributed by atoms with Crippen LogP contribution in [-0.4, -0.2) is 84.3 Å². The number of carbonyl (C=O) groups excluding carboxylic acids is 2. The number of hydrogen-bond acceptors (Lipinski definition) is 6. The van der Waals surface area contributed by atoms with Crippen LogP contribution in [0, 0.1) is 0 Å². The van der Waals surface area contributed by atoms with Crippen LogP contribution in [0.3, 0.4) is 0 Å². The molecule has 1 unspecified atom stereocenters. The second-order valence-corrected chi connectivity index (χ2v) is 6.39. The highest BCUT2D eigenvalue weighted by molar-refractivity contribution is 6.40. The molecule has 0 aliphatic carbocycles. The molecule has 2 amide bonds. The van der Waals surface area contributed by atoms with Crippen LogP contribution < -0.4 is 5.01 Å². The van der Waals surface area contributed by atoms with E-state index in [4.69, 9.17) is 4.74 Å². The second kappa shape index (κ2) is 8.17. The van der Waals surface area contributed by atoms with Gasteiger partial charge in [0, 0.05) is 33.2 Å². The van der Waals surface area contributed by atoms with E-state index >= 15 is 0 Å². The number of aliphatic carboxylic acids is 1. The van der Waals surface area contributed by atoms with E-state index in [2.05, 4.69) is 5.10 Å². The molecule has 1 aromatic rings. The Hall–Kier alpha value is -2.94. The fourth-order valence-corrected chi connectivity index (χ4v) is 3.15. The van der Waals surface area contributed by atoms with Gasteiger partial charge in [0.2, 0.25) is 5.91 Å². The summed E-state index contributed by atoms with van der Waals surface area (Å²) in [6, 6.07) is 7.92. The summed E-state index contributed by atoms with van der Waals surface area (Å²) < 4.78 is 4.98. The number of hydrogen-bond donors (Lipinski definition) is 1. The van der Waals surface area contributed by atoms with Crippen molar-refractivity contribution < 1.29 is 24.2 Å². The minimum absolute atomic E-state index is 0.00113. The minimum Gasteiger partial charge on any atom is -0.480 e. The van der Waals surface area contributed by atoms with E-state index in [-0.39, 0.29) is 30.5 Å². The molecule has 1 saturated heterocycles. The number of methoxy groups -OCH3 is 1. The molecule has 1 N–H and O–H groups in total. The van der Waals surface area contributed by atoms with Gasteiger partial charge in [0.25, 0.3) is 5.91 Å². The predicted octanol–water partition coefficient (Wildman–Crippen LogP) is 0.0231. The largest absolute Gasteiger partial charge is 0.480 e. The molecule has 2 heterocycles. The van der Waals surface area contributed by atoms with Crippen LogP contribution in [0.1, 0.15) is 6.42 Å². The Balaban J connectivity index is 1.71. The quantitative estimate of drug-likeness (QED) is 0.753. The van der Waals surface area contributed by atoms with Crippen molar-refractivity contribution in [3.8, 4) is 0 Å². The van der Waals surface area contributed by atoms with Crippen molar-refractivity contribution in [3.05, 3.63) is 30.3 Å². The fraction of sp³-hybridized carbons (Fsp3) is 0.444. The van der Waals surface area contributed by atoms with Crippen LogP contribution in [0.5, 0.6) is 0 Å². The summed E-state index contributed by atoms with van der Waals surface area (Å²) in [6.45, 7) is 1.70. The van der Waals surface area contributed by atoms with Crippen molar-refractivity contribution in [1.82, 2.24) is 9.80 Å². The van der Waals surface area contributed by atoms with Gasteiger partial charge < -0.3 is 19.6 Å². The Labute approximate surface area is 156 Å². The zero-order valence-electron chi connectivity index (χ0n) is 15.1. The smallest absolute Gasteiger partial charge is 0.328 e. The average molecular weight is 374 g/mol. The lowest BCUT2D eigenvalue weighted by molar-refractivity contribution is -0.142. The number of carbonyl (C=O) groups is 3. The maximum atomic E-state index is 12.8. The maximum Gasteiger partial charge on any atom is 0.328 e. The van der Waals surface area contributed by atoms with E-state index < -0.39 is 12.0 Å². The number of rotatable bonds is 6. The first-order valence-corrected chi connectivity index (χ1v) is 8.72. The lowest BCUT2D eigenvalue weighted by Gasteiger charge is -2.34. The standard InChI is InChI=1S/C18H22N4O5/c1-27-10-9-20-7-8-21(12-16(20)23)17(24)14-11-15(18(25)26)22(19-14)13-5-3-2-4-6-13/h2-6,15H,7-12H2,1H3,(H,25,26). The number of carboxylic acids is 1. The maximum absolute atomic E-state index is 12.8. The van der Waals surface area contributed by atoms with Crippen LogP contribution in [0.4, 0.5) is 5.69 Å². The van der Waals surface area contributed by atoms with E-state index in [9.17, 15) is 19.5 Å². The molecule has 1 atom stereocenters. The Morgan fingerprint density at radius 2 is 2.00 bits per heavy atom. The summed E-state index contributed by atoms with van der Waals surface area (Å²) in [5.41, 5.74) is 0.762. The lowest BCUT2D eigenvalue weighted by Crippen LogP contribution is -2.54. The average Bonchev–Trinajstić information content (AvgIpc) is 3.13. The number of hydrazone groups is 1. The highest BCUT2D eigenvalue weighted by atomic mass is 16.5. The molecule has 0 saturated carbocycles. The van der Waals surface area contributed by atoms with Gasteiger partial charge in [-0.1, -0.05) is 18.2 Å². The zero-order chi connectivity index (χ0) is 19.4. The number of carboxylic acid groups (broad SMARTS) is 1.